The minimum absolute atomic E-state index is 0.297. The molecule has 0 saturated carbocycles. The molecule has 1 aliphatic rings. The summed E-state index contributed by atoms with van der Waals surface area (Å²) in [5, 5.41) is 9.73. The first-order valence-electron chi connectivity index (χ1n) is 9.24. The average Bonchev–Trinajstić information content (AvgIpc) is 3.34. The van der Waals surface area contributed by atoms with Crippen LogP contribution in [0.2, 0.25) is 0 Å². The van der Waals surface area contributed by atoms with E-state index in [-0.39, 0.29) is 5.91 Å². The molecule has 0 saturated heterocycles. The van der Waals surface area contributed by atoms with Crippen LogP contribution in [0, 0.1) is 0 Å². The van der Waals surface area contributed by atoms with E-state index in [2.05, 4.69) is 20.5 Å². The van der Waals surface area contributed by atoms with Crippen LogP contribution >= 0.6 is 11.3 Å². The molecule has 0 atom stereocenters. The van der Waals surface area contributed by atoms with Gasteiger partial charge in [0.15, 0.2) is 5.13 Å². The normalized spacial score (nSPS) is 14.7. The van der Waals surface area contributed by atoms with Crippen molar-refractivity contribution in [2.75, 3.05) is 11.9 Å². The Balaban J connectivity index is 1.47. The van der Waals surface area contributed by atoms with Crippen LogP contribution in [0.25, 0.3) is 11.3 Å². The van der Waals surface area contributed by atoms with E-state index < -0.39 is 15.3 Å². The second-order valence-corrected chi connectivity index (χ2v) is 10.6. The van der Waals surface area contributed by atoms with Crippen molar-refractivity contribution in [1.82, 2.24) is 19.5 Å². The fraction of sp³-hybridized carbons (Fsp3) is 0.316. The quantitative estimate of drug-likeness (QED) is 0.646. The molecule has 2 aromatic heterocycles. The minimum atomic E-state index is -3.31. The Hall–Kier alpha value is -2.56. The van der Waals surface area contributed by atoms with E-state index in [1.165, 1.54) is 15.6 Å². The third kappa shape index (κ3) is 3.96. The number of carbonyl (C=O) groups is 1. The maximum absolute atomic E-state index is 12.6. The summed E-state index contributed by atoms with van der Waals surface area (Å²) in [6.45, 7) is 4.06. The molecule has 10 heteroatoms. The predicted molar refractivity (Wildman–Crippen MR) is 112 cm³/mol. The SMILES string of the molecule is CC(C)S(=O)(=O)N1CCc2nc(NC(=O)c3cc(-c4ccccc4)n[nH]3)sc2C1. The van der Waals surface area contributed by atoms with Gasteiger partial charge in [0.25, 0.3) is 5.91 Å². The number of benzene rings is 1. The van der Waals surface area contributed by atoms with Crippen molar-refractivity contribution in [3.8, 4) is 11.3 Å². The van der Waals surface area contributed by atoms with Crippen LogP contribution in [0.15, 0.2) is 36.4 Å². The Bertz CT molecular complexity index is 1140. The van der Waals surface area contributed by atoms with E-state index in [0.29, 0.717) is 36.0 Å². The highest BCUT2D eigenvalue weighted by atomic mass is 32.2. The van der Waals surface area contributed by atoms with E-state index in [0.717, 1.165) is 16.1 Å². The van der Waals surface area contributed by atoms with Crippen molar-refractivity contribution in [2.24, 2.45) is 0 Å². The van der Waals surface area contributed by atoms with Gasteiger partial charge in [-0.1, -0.05) is 30.3 Å². The lowest BCUT2D eigenvalue weighted by Gasteiger charge is -2.26. The first-order valence-corrected chi connectivity index (χ1v) is 11.6. The molecule has 0 radical (unpaired) electrons. The number of rotatable bonds is 5. The molecular formula is C19H21N5O3S2. The smallest absolute Gasteiger partial charge is 0.275 e. The monoisotopic (exact) mass is 431 g/mol. The molecule has 1 aromatic carbocycles. The molecule has 1 amide bonds. The summed E-state index contributed by atoms with van der Waals surface area (Å²) in [4.78, 5) is 17.9. The molecule has 152 valence electrons. The van der Waals surface area contributed by atoms with Crippen LogP contribution in [0.5, 0.6) is 0 Å². The van der Waals surface area contributed by atoms with Crippen molar-refractivity contribution < 1.29 is 13.2 Å². The second-order valence-electron chi connectivity index (χ2n) is 7.05. The molecule has 29 heavy (non-hydrogen) atoms. The number of nitrogens with zero attached hydrogens (tertiary/aromatic N) is 3. The number of thiazole rings is 1. The summed E-state index contributed by atoms with van der Waals surface area (Å²) >= 11 is 1.31. The van der Waals surface area contributed by atoms with Gasteiger partial charge in [-0.15, -0.1) is 11.3 Å². The van der Waals surface area contributed by atoms with E-state index in [1.54, 1.807) is 19.9 Å². The molecule has 0 spiro atoms. The molecule has 1 aliphatic heterocycles. The molecule has 0 unspecified atom stereocenters. The van der Waals surface area contributed by atoms with E-state index in [9.17, 15) is 13.2 Å². The van der Waals surface area contributed by atoms with Crippen LogP contribution in [0.1, 0.15) is 34.9 Å². The van der Waals surface area contributed by atoms with Crippen molar-refractivity contribution in [2.45, 2.75) is 32.1 Å². The number of aromatic amines is 1. The number of amides is 1. The first kappa shape index (κ1) is 19.7. The maximum Gasteiger partial charge on any atom is 0.275 e. The zero-order chi connectivity index (χ0) is 20.6. The average molecular weight is 432 g/mol. The number of nitrogens with one attached hydrogen (secondary N) is 2. The van der Waals surface area contributed by atoms with Gasteiger partial charge in [-0.3, -0.25) is 15.2 Å². The largest absolute Gasteiger partial charge is 0.296 e. The van der Waals surface area contributed by atoms with Gasteiger partial charge in [0.2, 0.25) is 10.0 Å². The summed E-state index contributed by atoms with van der Waals surface area (Å²) in [7, 11) is -3.31. The van der Waals surface area contributed by atoms with Crippen LogP contribution in [-0.4, -0.2) is 45.6 Å². The predicted octanol–water partition coefficient (Wildman–Crippen LogP) is 2.88. The van der Waals surface area contributed by atoms with Gasteiger partial charge in [0, 0.05) is 30.0 Å². The Morgan fingerprint density at radius 2 is 2.03 bits per heavy atom. The van der Waals surface area contributed by atoms with Gasteiger partial charge in [0.05, 0.1) is 16.6 Å². The maximum atomic E-state index is 12.6. The molecule has 0 aliphatic carbocycles. The second kappa shape index (κ2) is 7.69. The Morgan fingerprint density at radius 1 is 1.28 bits per heavy atom. The number of carbonyl (C=O) groups excluding carboxylic acids is 1. The van der Waals surface area contributed by atoms with Crippen LogP contribution in [0.3, 0.4) is 0 Å². The lowest BCUT2D eigenvalue weighted by Crippen LogP contribution is -2.39. The Labute approximate surface area is 173 Å². The minimum Gasteiger partial charge on any atom is -0.296 e. The number of H-pyrrole nitrogens is 1. The molecule has 0 fully saturated rings. The van der Waals surface area contributed by atoms with Gasteiger partial charge < -0.3 is 0 Å². The number of fused-ring (bicyclic) bond motifs is 1. The van der Waals surface area contributed by atoms with Crippen molar-refractivity contribution in [3.63, 3.8) is 0 Å². The summed E-state index contributed by atoms with van der Waals surface area (Å²) in [5.74, 6) is -0.336. The summed E-state index contributed by atoms with van der Waals surface area (Å²) in [6.07, 6.45) is 0.538. The Kier molecular flexibility index (Phi) is 5.24. The van der Waals surface area contributed by atoms with Gasteiger partial charge in [-0.05, 0) is 19.9 Å². The third-order valence-corrected chi connectivity index (χ3v) is 7.99. The van der Waals surface area contributed by atoms with Gasteiger partial charge >= 0.3 is 0 Å². The number of hydrogen-bond donors (Lipinski definition) is 2. The molecule has 4 rings (SSSR count). The Morgan fingerprint density at radius 3 is 2.76 bits per heavy atom. The lowest BCUT2D eigenvalue weighted by molar-refractivity contribution is 0.102. The van der Waals surface area contributed by atoms with Crippen molar-refractivity contribution in [3.05, 3.63) is 52.7 Å². The molecule has 2 N–H and O–H groups in total. The molecule has 3 heterocycles. The highest BCUT2D eigenvalue weighted by Gasteiger charge is 2.31. The lowest BCUT2D eigenvalue weighted by atomic mass is 10.1. The molecule has 8 nitrogen and oxygen atoms in total. The fourth-order valence-electron chi connectivity index (χ4n) is 3.10. The topological polar surface area (TPSA) is 108 Å². The van der Waals surface area contributed by atoms with Crippen LogP contribution < -0.4 is 5.32 Å². The molecule has 3 aromatic rings. The van der Waals surface area contributed by atoms with E-state index in [1.807, 2.05) is 30.3 Å². The van der Waals surface area contributed by atoms with Crippen LogP contribution in [-0.2, 0) is 23.0 Å². The van der Waals surface area contributed by atoms with E-state index in [4.69, 9.17) is 0 Å². The van der Waals surface area contributed by atoms with Crippen molar-refractivity contribution >= 4 is 32.4 Å². The number of anilines is 1. The van der Waals surface area contributed by atoms with Crippen molar-refractivity contribution in [1.29, 1.82) is 0 Å². The zero-order valence-corrected chi connectivity index (χ0v) is 17.7. The van der Waals surface area contributed by atoms with E-state index >= 15 is 0 Å². The third-order valence-electron chi connectivity index (χ3n) is 4.76. The first-order chi connectivity index (χ1) is 13.8. The molecular weight excluding hydrogens is 410 g/mol. The number of hydrogen-bond acceptors (Lipinski definition) is 6. The number of aromatic nitrogens is 3. The summed E-state index contributed by atoms with van der Waals surface area (Å²) in [6, 6.07) is 11.3. The van der Waals surface area contributed by atoms with Gasteiger partial charge in [-0.25, -0.2) is 13.4 Å². The summed E-state index contributed by atoms with van der Waals surface area (Å²) in [5.41, 5.74) is 2.78. The standard InChI is InChI=1S/C19H21N5O3S2/c1-12(2)29(26,27)24-9-8-14-17(11-24)28-19(20-14)21-18(25)16-10-15(22-23-16)13-6-4-3-5-7-13/h3-7,10,12H,8-9,11H2,1-2H3,(H,22,23)(H,20,21,25). The number of sulfonamides is 1. The molecule has 0 bridgehead atoms. The summed E-state index contributed by atoms with van der Waals surface area (Å²) < 4.78 is 26.3. The van der Waals surface area contributed by atoms with Gasteiger partial charge in [0.1, 0.15) is 5.69 Å². The fourth-order valence-corrected chi connectivity index (χ4v) is 5.45. The zero-order valence-electron chi connectivity index (χ0n) is 16.0. The van der Waals surface area contributed by atoms with Gasteiger partial charge in [-0.2, -0.15) is 9.40 Å². The highest BCUT2D eigenvalue weighted by molar-refractivity contribution is 7.89. The highest BCUT2D eigenvalue weighted by Crippen LogP contribution is 2.30. The van der Waals surface area contributed by atoms with Crippen LogP contribution in [0.4, 0.5) is 5.13 Å².